The molecule has 0 bridgehead atoms. The van der Waals surface area contributed by atoms with Gasteiger partial charge in [0, 0.05) is 26.3 Å². The van der Waals surface area contributed by atoms with Crippen LogP contribution in [0.25, 0.3) is 0 Å². The maximum absolute atomic E-state index is 6.06. The van der Waals surface area contributed by atoms with E-state index in [0.717, 1.165) is 18.2 Å². The molecule has 0 aliphatic rings. The Morgan fingerprint density at radius 1 is 1.17 bits per heavy atom. The zero-order valence-electron chi connectivity index (χ0n) is 13.4. The van der Waals surface area contributed by atoms with Gasteiger partial charge in [0.1, 0.15) is 5.15 Å². The van der Waals surface area contributed by atoms with Crippen LogP contribution in [0.2, 0.25) is 10.2 Å². The van der Waals surface area contributed by atoms with Gasteiger partial charge < -0.3 is 15.2 Å². The Hall–Kier alpha value is -0.920. The van der Waals surface area contributed by atoms with Gasteiger partial charge in [-0.25, -0.2) is 0 Å². The van der Waals surface area contributed by atoms with E-state index in [1.807, 2.05) is 17.7 Å². The van der Waals surface area contributed by atoms with Crippen LogP contribution in [0.3, 0.4) is 0 Å². The molecule has 126 valence electrons. The van der Waals surface area contributed by atoms with Crippen LogP contribution in [0, 0.1) is 6.92 Å². The van der Waals surface area contributed by atoms with E-state index in [9.17, 15) is 0 Å². The van der Waals surface area contributed by atoms with Gasteiger partial charge in [-0.05, 0) is 18.6 Å². The number of hydrogen-bond acceptors (Lipinski definition) is 1. The van der Waals surface area contributed by atoms with E-state index >= 15 is 0 Å². The summed E-state index contributed by atoms with van der Waals surface area (Å²) in [7, 11) is 3.63. The van der Waals surface area contributed by atoms with E-state index < -0.39 is 0 Å². The van der Waals surface area contributed by atoms with Crippen molar-refractivity contribution in [3.8, 4) is 0 Å². The van der Waals surface area contributed by atoms with Crippen LogP contribution >= 0.6 is 47.2 Å². The van der Waals surface area contributed by atoms with Crippen molar-refractivity contribution in [1.82, 2.24) is 15.2 Å². The number of nitrogens with one attached hydrogen (secondary N) is 2. The largest absolute Gasteiger partial charge is 0.352 e. The predicted molar refractivity (Wildman–Crippen MR) is 109 cm³/mol. The molecule has 0 fully saturated rings. The highest BCUT2D eigenvalue weighted by atomic mass is 127. The summed E-state index contributed by atoms with van der Waals surface area (Å²) in [6.07, 6.45) is 0. The third-order valence-corrected chi connectivity index (χ3v) is 4.26. The molecule has 0 atom stereocenters. The van der Waals surface area contributed by atoms with Crippen molar-refractivity contribution in [2.45, 2.75) is 20.0 Å². The van der Waals surface area contributed by atoms with Crippen molar-refractivity contribution in [2.75, 3.05) is 7.05 Å². The Morgan fingerprint density at radius 2 is 1.87 bits per heavy atom. The van der Waals surface area contributed by atoms with Crippen molar-refractivity contribution in [2.24, 2.45) is 12.0 Å². The van der Waals surface area contributed by atoms with Gasteiger partial charge in [0.25, 0.3) is 0 Å². The first kappa shape index (κ1) is 20.1. The minimum absolute atomic E-state index is 0. The van der Waals surface area contributed by atoms with Gasteiger partial charge in [-0.1, -0.05) is 53.0 Å². The summed E-state index contributed by atoms with van der Waals surface area (Å²) in [4.78, 5) is 4.22. The lowest BCUT2D eigenvalue weighted by atomic mass is 10.1. The SMILES string of the molecule is CN=C(NCc1cccc(C)c1)NCc1cc(Cl)c(Cl)n1C.I. The highest BCUT2D eigenvalue weighted by Gasteiger charge is 2.09. The molecule has 1 aromatic carbocycles. The van der Waals surface area contributed by atoms with E-state index in [2.05, 4.69) is 46.8 Å². The highest BCUT2D eigenvalue weighted by molar-refractivity contribution is 14.0. The van der Waals surface area contributed by atoms with Crippen LogP contribution in [-0.2, 0) is 20.1 Å². The van der Waals surface area contributed by atoms with E-state index in [4.69, 9.17) is 23.2 Å². The summed E-state index contributed by atoms with van der Waals surface area (Å²) in [6.45, 7) is 3.39. The summed E-state index contributed by atoms with van der Waals surface area (Å²) in [5.74, 6) is 0.731. The minimum Gasteiger partial charge on any atom is -0.352 e. The third kappa shape index (κ3) is 5.58. The second kappa shape index (κ2) is 9.39. The molecule has 0 radical (unpaired) electrons. The Balaban J connectivity index is 0.00000264. The number of nitrogens with zero attached hydrogens (tertiary/aromatic N) is 2. The molecule has 4 nitrogen and oxygen atoms in total. The maximum atomic E-state index is 6.06. The Kier molecular flexibility index (Phi) is 8.22. The summed E-state index contributed by atoms with van der Waals surface area (Å²) in [6, 6.07) is 10.2. The molecule has 0 aliphatic heterocycles. The standard InChI is InChI=1S/C16H20Cl2N4.HI/c1-11-5-4-6-12(7-11)9-20-16(19-2)21-10-13-8-14(17)15(18)22(13)3;/h4-8H,9-10H2,1-3H3,(H2,19,20,21);1H. The molecule has 0 saturated heterocycles. The first-order valence-corrected chi connectivity index (χ1v) is 7.76. The van der Waals surface area contributed by atoms with Crippen LogP contribution in [0.5, 0.6) is 0 Å². The monoisotopic (exact) mass is 466 g/mol. The molecule has 7 heteroatoms. The second-order valence-electron chi connectivity index (χ2n) is 5.10. The molecule has 0 aliphatic carbocycles. The second-order valence-corrected chi connectivity index (χ2v) is 5.87. The van der Waals surface area contributed by atoms with Crippen molar-refractivity contribution < 1.29 is 0 Å². The van der Waals surface area contributed by atoms with Crippen molar-refractivity contribution in [1.29, 1.82) is 0 Å². The fourth-order valence-electron chi connectivity index (χ4n) is 2.16. The molecule has 1 heterocycles. The highest BCUT2D eigenvalue weighted by Crippen LogP contribution is 2.24. The number of hydrogen-bond donors (Lipinski definition) is 2. The lowest BCUT2D eigenvalue weighted by Crippen LogP contribution is -2.36. The van der Waals surface area contributed by atoms with E-state index in [-0.39, 0.29) is 24.0 Å². The first-order chi connectivity index (χ1) is 10.5. The quantitative estimate of drug-likeness (QED) is 0.404. The Bertz CT molecular complexity index is 683. The summed E-state index contributed by atoms with van der Waals surface area (Å²) in [5, 5.41) is 7.64. The van der Waals surface area contributed by atoms with Crippen LogP contribution < -0.4 is 10.6 Å². The van der Waals surface area contributed by atoms with Crippen molar-refractivity contribution in [3.05, 3.63) is 57.3 Å². The van der Waals surface area contributed by atoms with Gasteiger partial charge in [0.2, 0.25) is 0 Å². The predicted octanol–water partition coefficient (Wildman–Crippen LogP) is 4.12. The third-order valence-electron chi connectivity index (χ3n) is 3.42. The minimum atomic E-state index is 0. The van der Waals surface area contributed by atoms with Crippen molar-refractivity contribution in [3.63, 3.8) is 0 Å². The first-order valence-electron chi connectivity index (χ1n) is 7.01. The number of halogens is 3. The average molecular weight is 467 g/mol. The number of benzene rings is 1. The van der Waals surface area contributed by atoms with Gasteiger partial charge in [0.05, 0.1) is 11.6 Å². The topological polar surface area (TPSA) is 41.4 Å². The number of aromatic nitrogens is 1. The molecule has 0 unspecified atom stereocenters. The van der Waals surface area contributed by atoms with E-state index in [1.165, 1.54) is 11.1 Å². The van der Waals surface area contributed by atoms with Crippen LogP contribution in [0.15, 0.2) is 35.3 Å². The fraction of sp³-hybridized carbons (Fsp3) is 0.312. The average Bonchev–Trinajstić information content (AvgIpc) is 2.75. The molecular weight excluding hydrogens is 446 g/mol. The van der Waals surface area contributed by atoms with Crippen LogP contribution in [0.4, 0.5) is 0 Å². The zero-order valence-corrected chi connectivity index (χ0v) is 17.2. The molecule has 0 amide bonds. The number of aryl methyl sites for hydroxylation is 1. The van der Waals surface area contributed by atoms with Gasteiger partial charge in [-0.3, -0.25) is 4.99 Å². The summed E-state index contributed by atoms with van der Waals surface area (Å²) >= 11 is 12.1. The molecule has 1 aromatic heterocycles. The number of aliphatic imine (C=N–C) groups is 1. The Morgan fingerprint density at radius 3 is 2.43 bits per heavy atom. The molecular formula is C16H21Cl2IN4. The van der Waals surface area contributed by atoms with E-state index in [0.29, 0.717) is 16.7 Å². The maximum Gasteiger partial charge on any atom is 0.191 e. The molecule has 0 saturated carbocycles. The summed E-state index contributed by atoms with van der Waals surface area (Å²) < 4.78 is 1.85. The lowest BCUT2D eigenvalue weighted by Gasteiger charge is -2.13. The molecule has 2 aromatic rings. The van der Waals surface area contributed by atoms with Crippen LogP contribution in [-0.4, -0.2) is 17.6 Å². The van der Waals surface area contributed by atoms with Gasteiger partial charge in [-0.2, -0.15) is 0 Å². The smallest absolute Gasteiger partial charge is 0.191 e. The molecule has 2 N–H and O–H groups in total. The zero-order chi connectivity index (χ0) is 16.1. The van der Waals surface area contributed by atoms with Gasteiger partial charge in [0.15, 0.2) is 5.96 Å². The van der Waals surface area contributed by atoms with E-state index in [1.54, 1.807) is 7.05 Å². The number of rotatable bonds is 4. The molecule has 2 rings (SSSR count). The van der Waals surface area contributed by atoms with Gasteiger partial charge in [-0.15, -0.1) is 24.0 Å². The lowest BCUT2D eigenvalue weighted by molar-refractivity contribution is 0.750. The summed E-state index contributed by atoms with van der Waals surface area (Å²) in [5.41, 5.74) is 3.46. The Labute approximate surface area is 164 Å². The molecule has 23 heavy (non-hydrogen) atoms. The van der Waals surface area contributed by atoms with Gasteiger partial charge >= 0.3 is 0 Å². The molecule has 0 spiro atoms. The normalized spacial score (nSPS) is 11.1. The van der Waals surface area contributed by atoms with Crippen molar-refractivity contribution >= 4 is 53.1 Å². The van der Waals surface area contributed by atoms with Crippen LogP contribution in [0.1, 0.15) is 16.8 Å². The fourth-order valence-corrected chi connectivity index (χ4v) is 2.58. The number of guanidine groups is 1.